The Morgan fingerprint density at radius 1 is 1.29 bits per heavy atom. The number of rotatable bonds is 8. The van der Waals surface area contributed by atoms with Gasteiger partial charge in [0.1, 0.15) is 12.4 Å². The zero-order valence-electron chi connectivity index (χ0n) is 15.3. The van der Waals surface area contributed by atoms with Gasteiger partial charge in [-0.2, -0.15) is 0 Å². The number of hydrogen-bond acceptors (Lipinski definition) is 3. The van der Waals surface area contributed by atoms with Crippen molar-refractivity contribution < 1.29 is 4.74 Å². The summed E-state index contributed by atoms with van der Waals surface area (Å²) in [5.41, 5.74) is 1.17. The maximum Gasteiger partial charge on any atom is 0.191 e. The molecular weight excluding hydrogens is 300 g/mol. The van der Waals surface area contributed by atoms with Gasteiger partial charge in [0.05, 0.1) is 6.54 Å². The van der Waals surface area contributed by atoms with Crippen LogP contribution < -0.4 is 15.4 Å². The summed E-state index contributed by atoms with van der Waals surface area (Å²) in [6.07, 6.45) is 5.14. The van der Waals surface area contributed by atoms with Crippen LogP contribution in [0.25, 0.3) is 0 Å². The Kier molecular flexibility index (Phi) is 7.89. The van der Waals surface area contributed by atoms with Gasteiger partial charge in [0.15, 0.2) is 5.96 Å². The van der Waals surface area contributed by atoms with E-state index < -0.39 is 0 Å². The minimum atomic E-state index is 0.573. The van der Waals surface area contributed by atoms with E-state index in [1.807, 2.05) is 26.2 Å². The third-order valence-electron chi connectivity index (χ3n) is 4.17. The molecule has 1 saturated carbocycles. The van der Waals surface area contributed by atoms with Crippen molar-refractivity contribution in [3.05, 3.63) is 29.8 Å². The van der Waals surface area contributed by atoms with Gasteiger partial charge in [-0.05, 0) is 51.6 Å². The zero-order chi connectivity index (χ0) is 17.2. The van der Waals surface area contributed by atoms with Crippen molar-refractivity contribution in [2.45, 2.75) is 45.2 Å². The van der Waals surface area contributed by atoms with Gasteiger partial charge in [-0.15, -0.1) is 0 Å². The van der Waals surface area contributed by atoms with Gasteiger partial charge < -0.3 is 20.3 Å². The molecular formula is C19H32N4O. The number of aliphatic imine (C=N–C) groups is 1. The smallest absolute Gasteiger partial charge is 0.191 e. The second-order valence-electron chi connectivity index (χ2n) is 6.62. The maximum atomic E-state index is 5.80. The van der Waals surface area contributed by atoms with E-state index >= 15 is 0 Å². The Hall–Kier alpha value is -1.75. The van der Waals surface area contributed by atoms with Gasteiger partial charge in [-0.25, -0.2) is 4.99 Å². The van der Waals surface area contributed by atoms with Gasteiger partial charge in [-0.3, -0.25) is 0 Å². The molecule has 24 heavy (non-hydrogen) atoms. The summed E-state index contributed by atoms with van der Waals surface area (Å²) in [5.74, 6) is 1.83. The molecule has 0 aliphatic heterocycles. The number of guanidine groups is 1. The Labute approximate surface area is 146 Å². The topological polar surface area (TPSA) is 48.9 Å². The van der Waals surface area contributed by atoms with Crippen LogP contribution in [0.5, 0.6) is 5.75 Å². The summed E-state index contributed by atoms with van der Waals surface area (Å²) in [7, 11) is 4.10. The average molecular weight is 332 g/mol. The van der Waals surface area contributed by atoms with Crippen LogP contribution in [0, 0.1) is 0 Å². The molecule has 0 radical (unpaired) electrons. The van der Waals surface area contributed by atoms with Crippen molar-refractivity contribution in [3.8, 4) is 5.75 Å². The summed E-state index contributed by atoms with van der Waals surface area (Å²) in [6, 6.07) is 8.79. The molecule has 1 fully saturated rings. The molecule has 0 aromatic heterocycles. The molecule has 0 heterocycles. The van der Waals surface area contributed by atoms with E-state index in [1.165, 1.54) is 31.2 Å². The minimum Gasteiger partial charge on any atom is -0.492 e. The largest absolute Gasteiger partial charge is 0.492 e. The highest BCUT2D eigenvalue weighted by Gasteiger charge is 2.15. The van der Waals surface area contributed by atoms with Crippen LogP contribution in [0.2, 0.25) is 0 Å². The van der Waals surface area contributed by atoms with Gasteiger partial charge in [0.2, 0.25) is 0 Å². The standard InChI is InChI=1S/C19H32N4O/c1-4-20-19(22-17-9-5-6-10-17)21-15-16-8-7-11-18(14-16)24-13-12-23(2)3/h7-8,11,14,17H,4-6,9-10,12-13,15H2,1-3H3,(H2,20,21,22). The summed E-state index contributed by atoms with van der Waals surface area (Å²) in [5, 5.41) is 6.89. The third kappa shape index (κ3) is 6.79. The molecule has 0 bridgehead atoms. The first kappa shape index (κ1) is 18.6. The fourth-order valence-corrected chi connectivity index (χ4v) is 2.83. The van der Waals surface area contributed by atoms with Gasteiger partial charge in [0, 0.05) is 19.1 Å². The Morgan fingerprint density at radius 3 is 2.79 bits per heavy atom. The van der Waals surface area contributed by atoms with E-state index in [1.54, 1.807) is 0 Å². The average Bonchev–Trinajstić information content (AvgIpc) is 3.06. The predicted molar refractivity (Wildman–Crippen MR) is 101 cm³/mol. The van der Waals surface area contributed by atoms with Crippen LogP contribution in [-0.4, -0.2) is 50.7 Å². The van der Waals surface area contributed by atoms with Crippen molar-refractivity contribution in [2.24, 2.45) is 4.99 Å². The van der Waals surface area contributed by atoms with Crippen LogP contribution in [0.15, 0.2) is 29.3 Å². The summed E-state index contributed by atoms with van der Waals surface area (Å²) in [4.78, 5) is 6.84. The van der Waals surface area contributed by atoms with Crippen molar-refractivity contribution in [2.75, 3.05) is 33.8 Å². The fourth-order valence-electron chi connectivity index (χ4n) is 2.83. The molecule has 0 saturated heterocycles. The van der Waals surface area contributed by atoms with Gasteiger partial charge in [-0.1, -0.05) is 25.0 Å². The van der Waals surface area contributed by atoms with Crippen molar-refractivity contribution in [1.29, 1.82) is 0 Å². The lowest BCUT2D eigenvalue weighted by atomic mass is 10.2. The lowest BCUT2D eigenvalue weighted by Crippen LogP contribution is -2.42. The monoisotopic (exact) mass is 332 g/mol. The van der Waals surface area contributed by atoms with E-state index in [4.69, 9.17) is 9.73 Å². The predicted octanol–water partition coefficient (Wildman–Crippen LogP) is 2.62. The highest BCUT2D eigenvalue weighted by atomic mass is 16.5. The second-order valence-corrected chi connectivity index (χ2v) is 6.62. The molecule has 5 heteroatoms. The van der Waals surface area contributed by atoms with Crippen molar-refractivity contribution in [1.82, 2.24) is 15.5 Å². The molecule has 1 aliphatic rings. The first-order chi connectivity index (χ1) is 11.7. The van der Waals surface area contributed by atoms with Crippen LogP contribution >= 0.6 is 0 Å². The normalized spacial score (nSPS) is 15.8. The van der Waals surface area contributed by atoms with Crippen LogP contribution in [0.4, 0.5) is 0 Å². The zero-order valence-corrected chi connectivity index (χ0v) is 15.3. The van der Waals surface area contributed by atoms with E-state index in [0.717, 1.165) is 24.8 Å². The number of benzene rings is 1. The molecule has 2 rings (SSSR count). The molecule has 0 amide bonds. The van der Waals surface area contributed by atoms with Gasteiger partial charge in [0.25, 0.3) is 0 Å². The Morgan fingerprint density at radius 2 is 2.08 bits per heavy atom. The SMILES string of the molecule is CCNC(=NCc1cccc(OCCN(C)C)c1)NC1CCCC1. The van der Waals surface area contributed by atoms with Crippen LogP contribution in [0.1, 0.15) is 38.2 Å². The summed E-state index contributed by atoms with van der Waals surface area (Å²) < 4.78 is 5.80. The molecule has 0 unspecified atom stereocenters. The molecule has 1 aromatic carbocycles. The first-order valence-corrected chi connectivity index (χ1v) is 9.08. The van der Waals surface area contributed by atoms with E-state index in [-0.39, 0.29) is 0 Å². The van der Waals surface area contributed by atoms with Crippen molar-refractivity contribution in [3.63, 3.8) is 0 Å². The number of hydrogen-bond donors (Lipinski definition) is 2. The summed E-state index contributed by atoms with van der Waals surface area (Å²) >= 11 is 0. The Bertz CT molecular complexity index is 510. The van der Waals surface area contributed by atoms with Crippen molar-refractivity contribution >= 4 is 5.96 Å². The molecule has 134 valence electrons. The van der Waals surface area contributed by atoms with Crippen LogP contribution in [-0.2, 0) is 6.54 Å². The second kappa shape index (κ2) is 10.2. The van der Waals surface area contributed by atoms with Crippen LogP contribution in [0.3, 0.4) is 0 Å². The molecule has 2 N–H and O–H groups in total. The number of nitrogens with zero attached hydrogens (tertiary/aromatic N) is 2. The first-order valence-electron chi connectivity index (χ1n) is 9.08. The fraction of sp³-hybridized carbons (Fsp3) is 0.632. The van der Waals surface area contributed by atoms with Gasteiger partial charge >= 0.3 is 0 Å². The maximum absolute atomic E-state index is 5.80. The number of nitrogens with one attached hydrogen (secondary N) is 2. The molecule has 0 atom stereocenters. The number of ether oxygens (including phenoxy) is 1. The lowest BCUT2D eigenvalue weighted by molar-refractivity contribution is 0.261. The molecule has 5 nitrogen and oxygen atoms in total. The van der Waals surface area contributed by atoms with E-state index in [0.29, 0.717) is 19.2 Å². The lowest BCUT2D eigenvalue weighted by Gasteiger charge is -2.16. The van der Waals surface area contributed by atoms with E-state index in [2.05, 4.69) is 34.6 Å². The highest BCUT2D eigenvalue weighted by molar-refractivity contribution is 5.80. The summed E-state index contributed by atoms with van der Waals surface area (Å²) in [6.45, 7) is 5.26. The third-order valence-corrected chi connectivity index (χ3v) is 4.17. The van der Waals surface area contributed by atoms with E-state index in [9.17, 15) is 0 Å². The molecule has 1 aromatic rings. The number of likely N-dealkylation sites (N-methyl/N-ethyl adjacent to an activating group) is 1. The molecule has 1 aliphatic carbocycles. The highest BCUT2D eigenvalue weighted by Crippen LogP contribution is 2.17. The minimum absolute atomic E-state index is 0.573. The quantitative estimate of drug-likeness (QED) is 0.567. The molecule has 0 spiro atoms. The Balaban J connectivity index is 1.89.